The number of aliphatic hydroxyl groups is 1. The number of aromatic nitrogens is 2. The van der Waals surface area contributed by atoms with Crippen LogP contribution in [0.1, 0.15) is 12.1 Å². The van der Waals surface area contributed by atoms with E-state index < -0.39 is 29.7 Å². The molecule has 1 aliphatic heterocycles. The molecule has 1 atom stereocenters. The van der Waals surface area contributed by atoms with Crippen LogP contribution in [0, 0.1) is 0 Å². The van der Waals surface area contributed by atoms with Crippen LogP contribution in [0.5, 0.6) is 0 Å². The van der Waals surface area contributed by atoms with E-state index in [0.717, 1.165) is 10.9 Å². The van der Waals surface area contributed by atoms with Crippen molar-refractivity contribution in [1.82, 2.24) is 14.7 Å². The highest BCUT2D eigenvalue weighted by Gasteiger charge is 2.39. The molecule has 2 aromatic rings. The van der Waals surface area contributed by atoms with Gasteiger partial charge in [0.05, 0.1) is 23.7 Å². The van der Waals surface area contributed by atoms with Gasteiger partial charge in [0.25, 0.3) is 0 Å². The van der Waals surface area contributed by atoms with E-state index in [1.54, 1.807) is 18.2 Å². The van der Waals surface area contributed by atoms with E-state index in [9.17, 15) is 23.1 Å². The zero-order valence-corrected chi connectivity index (χ0v) is 12.5. The lowest BCUT2D eigenvalue weighted by atomic mass is 10.3. The number of hydrogen-bond acceptors (Lipinski definition) is 3. The van der Waals surface area contributed by atoms with Gasteiger partial charge in [0.15, 0.2) is 5.69 Å². The third kappa shape index (κ3) is 3.21. The maximum atomic E-state index is 13.5. The molecule has 6 nitrogen and oxygen atoms in total. The average molecular weight is 340 g/mol. The first-order chi connectivity index (χ1) is 11.4. The van der Waals surface area contributed by atoms with E-state index in [0.29, 0.717) is 13.0 Å². The molecule has 0 bridgehead atoms. The largest absolute Gasteiger partial charge is 0.435 e. The van der Waals surface area contributed by atoms with Gasteiger partial charge >= 0.3 is 12.2 Å². The lowest BCUT2D eigenvalue weighted by molar-refractivity contribution is -0.142. The molecule has 1 aliphatic rings. The molecular weight excluding hydrogens is 325 g/mol. The lowest BCUT2D eigenvalue weighted by Crippen LogP contribution is -2.34. The number of urea groups is 1. The van der Waals surface area contributed by atoms with Crippen LogP contribution in [0.25, 0.3) is 5.69 Å². The van der Waals surface area contributed by atoms with Crippen LogP contribution < -0.4 is 5.32 Å². The molecule has 1 saturated heterocycles. The Morgan fingerprint density at radius 1 is 1.29 bits per heavy atom. The highest BCUT2D eigenvalue weighted by Crippen LogP contribution is 2.36. The number of hydrogen-bond donors (Lipinski definition) is 2. The van der Waals surface area contributed by atoms with Crippen molar-refractivity contribution in [3.8, 4) is 5.69 Å². The van der Waals surface area contributed by atoms with Gasteiger partial charge in [0.2, 0.25) is 0 Å². The second kappa shape index (κ2) is 6.16. The zero-order valence-electron chi connectivity index (χ0n) is 12.5. The van der Waals surface area contributed by atoms with Crippen molar-refractivity contribution in [3.05, 3.63) is 42.2 Å². The second-order valence-electron chi connectivity index (χ2n) is 5.47. The van der Waals surface area contributed by atoms with Gasteiger partial charge in [0, 0.05) is 13.1 Å². The van der Waals surface area contributed by atoms with Crippen LogP contribution in [0.15, 0.2) is 36.5 Å². The topological polar surface area (TPSA) is 70.4 Å². The number of amides is 2. The highest BCUT2D eigenvalue weighted by molar-refractivity contribution is 5.90. The second-order valence-corrected chi connectivity index (χ2v) is 5.47. The molecule has 1 fully saturated rings. The molecule has 0 spiro atoms. The number of carbonyl (C=O) groups excluding carboxylic acids is 1. The van der Waals surface area contributed by atoms with Crippen LogP contribution in [0.2, 0.25) is 0 Å². The highest BCUT2D eigenvalue weighted by atomic mass is 19.4. The summed E-state index contributed by atoms with van der Waals surface area (Å²) in [5.41, 5.74) is -1.23. The number of nitrogens with one attached hydrogen (secondary N) is 1. The van der Waals surface area contributed by atoms with Crippen LogP contribution in [-0.2, 0) is 6.18 Å². The SMILES string of the molecule is O=C(Nc1cnn(-c2ccccc2)c1C(F)(F)F)N1CCC(O)C1. The predicted octanol–water partition coefficient (Wildman–Crippen LogP) is 2.49. The molecule has 1 unspecified atom stereocenters. The minimum absolute atomic E-state index is 0.0972. The summed E-state index contributed by atoms with van der Waals surface area (Å²) < 4.78 is 41.1. The Labute approximate surface area is 135 Å². The summed E-state index contributed by atoms with van der Waals surface area (Å²) in [6, 6.07) is 7.17. The van der Waals surface area contributed by atoms with Crippen molar-refractivity contribution >= 4 is 11.7 Å². The quantitative estimate of drug-likeness (QED) is 0.882. The number of carbonyl (C=O) groups is 1. The fourth-order valence-electron chi connectivity index (χ4n) is 2.60. The number of likely N-dealkylation sites (tertiary alicyclic amines) is 1. The Balaban J connectivity index is 1.91. The number of anilines is 1. The van der Waals surface area contributed by atoms with Crippen LogP contribution >= 0.6 is 0 Å². The molecule has 0 saturated carbocycles. The van der Waals surface area contributed by atoms with Gasteiger partial charge in [-0.3, -0.25) is 0 Å². The van der Waals surface area contributed by atoms with Gasteiger partial charge in [-0.2, -0.15) is 18.3 Å². The summed E-state index contributed by atoms with van der Waals surface area (Å²) in [7, 11) is 0. The number of para-hydroxylation sites is 1. The Hall–Kier alpha value is -2.55. The molecule has 1 aromatic carbocycles. The van der Waals surface area contributed by atoms with Crippen LogP contribution in [-0.4, -0.2) is 45.0 Å². The maximum Gasteiger partial charge on any atom is 0.435 e. The van der Waals surface area contributed by atoms with Gasteiger partial charge in [0.1, 0.15) is 0 Å². The standard InChI is InChI=1S/C15H15F3N4O2/c16-15(17,18)13-12(20-14(24)21-7-6-11(23)9-21)8-19-22(13)10-4-2-1-3-5-10/h1-5,8,11,23H,6-7,9H2,(H,20,24). The van der Waals surface area contributed by atoms with Crippen LogP contribution in [0.3, 0.4) is 0 Å². The summed E-state index contributed by atoms with van der Waals surface area (Å²) in [5.74, 6) is 0. The predicted molar refractivity (Wildman–Crippen MR) is 79.8 cm³/mol. The summed E-state index contributed by atoms with van der Waals surface area (Å²) in [5, 5.41) is 15.4. The van der Waals surface area contributed by atoms with Crippen molar-refractivity contribution in [3.63, 3.8) is 0 Å². The summed E-state index contributed by atoms with van der Waals surface area (Å²) in [6.45, 7) is 0.390. The number of alkyl halides is 3. The first-order valence-corrected chi connectivity index (χ1v) is 7.31. The minimum Gasteiger partial charge on any atom is -0.391 e. The monoisotopic (exact) mass is 340 g/mol. The van der Waals surface area contributed by atoms with Crippen molar-refractivity contribution in [2.24, 2.45) is 0 Å². The third-order valence-corrected chi connectivity index (χ3v) is 3.73. The van der Waals surface area contributed by atoms with E-state index in [1.807, 2.05) is 0 Å². The lowest BCUT2D eigenvalue weighted by Gasteiger charge is -2.17. The van der Waals surface area contributed by atoms with E-state index in [1.165, 1.54) is 17.0 Å². The third-order valence-electron chi connectivity index (χ3n) is 3.73. The summed E-state index contributed by atoms with van der Waals surface area (Å²) >= 11 is 0. The summed E-state index contributed by atoms with van der Waals surface area (Å²) in [4.78, 5) is 13.4. The number of nitrogens with zero attached hydrogens (tertiary/aromatic N) is 3. The van der Waals surface area contributed by atoms with E-state index in [2.05, 4.69) is 10.4 Å². The first kappa shape index (κ1) is 16.3. The molecule has 0 aliphatic carbocycles. The van der Waals surface area contributed by atoms with Crippen molar-refractivity contribution in [1.29, 1.82) is 0 Å². The van der Waals surface area contributed by atoms with Gasteiger partial charge in [-0.1, -0.05) is 18.2 Å². The fraction of sp³-hybridized carbons (Fsp3) is 0.333. The number of halogens is 3. The van der Waals surface area contributed by atoms with Crippen LogP contribution in [0.4, 0.5) is 23.7 Å². The van der Waals surface area contributed by atoms with E-state index >= 15 is 0 Å². The minimum atomic E-state index is -4.69. The van der Waals surface area contributed by atoms with E-state index in [-0.39, 0.29) is 12.2 Å². The molecule has 3 rings (SSSR count). The molecule has 0 radical (unpaired) electrons. The molecular formula is C15H15F3N4O2. The van der Waals surface area contributed by atoms with Gasteiger partial charge < -0.3 is 15.3 Å². The zero-order chi connectivity index (χ0) is 17.3. The fourth-order valence-corrected chi connectivity index (χ4v) is 2.60. The Morgan fingerprint density at radius 2 is 2.00 bits per heavy atom. The maximum absolute atomic E-state index is 13.5. The Morgan fingerprint density at radius 3 is 2.58 bits per heavy atom. The molecule has 2 amide bonds. The molecule has 9 heteroatoms. The van der Waals surface area contributed by atoms with Crippen molar-refractivity contribution in [2.75, 3.05) is 18.4 Å². The Bertz CT molecular complexity index is 730. The van der Waals surface area contributed by atoms with Gasteiger partial charge in [-0.05, 0) is 18.6 Å². The van der Waals surface area contributed by atoms with E-state index in [4.69, 9.17) is 0 Å². The number of aliphatic hydroxyl groups excluding tert-OH is 1. The van der Waals surface area contributed by atoms with Gasteiger partial charge in [-0.15, -0.1) is 0 Å². The number of β-amino-alcohol motifs (C(OH)–C–C–N with tert-alkyl or cyclic N) is 1. The average Bonchev–Trinajstić information content (AvgIpc) is 3.14. The smallest absolute Gasteiger partial charge is 0.391 e. The summed E-state index contributed by atoms with van der Waals surface area (Å²) in [6.07, 6.45) is -3.97. The molecule has 1 aromatic heterocycles. The van der Waals surface area contributed by atoms with Gasteiger partial charge in [-0.25, -0.2) is 9.48 Å². The molecule has 2 N–H and O–H groups in total. The molecule has 128 valence electrons. The Kier molecular flexibility index (Phi) is 4.18. The molecule has 2 heterocycles. The first-order valence-electron chi connectivity index (χ1n) is 7.31. The van der Waals surface area contributed by atoms with Crippen molar-refractivity contribution < 1.29 is 23.1 Å². The normalized spacial score (nSPS) is 18.0. The number of benzene rings is 1. The molecule has 24 heavy (non-hydrogen) atoms. The van der Waals surface area contributed by atoms with Crippen molar-refractivity contribution in [2.45, 2.75) is 18.7 Å². The number of rotatable bonds is 2.